The Bertz CT molecular complexity index is 432. The fourth-order valence-electron chi connectivity index (χ4n) is 2.32. The number of amides is 1. The summed E-state index contributed by atoms with van der Waals surface area (Å²) in [6, 6.07) is 7.91. The Labute approximate surface area is 122 Å². The van der Waals surface area contributed by atoms with Gasteiger partial charge in [0, 0.05) is 6.04 Å². The van der Waals surface area contributed by atoms with Gasteiger partial charge in [0.15, 0.2) is 6.10 Å². The van der Waals surface area contributed by atoms with E-state index >= 15 is 0 Å². The van der Waals surface area contributed by atoms with Gasteiger partial charge in [-0.25, -0.2) is 0 Å². The van der Waals surface area contributed by atoms with Crippen molar-refractivity contribution in [3.63, 3.8) is 0 Å². The fraction of sp³-hybridized carbons (Fsp3) is 0.588. The second-order valence-electron chi connectivity index (χ2n) is 6.05. The zero-order valence-corrected chi connectivity index (χ0v) is 13.4. The molecule has 1 aromatic carbocycles. The number of benzene rings is 1. The van der Waals surface area contributed by atoms with E-state index < -0.39 is 6.10 Å². The van der Waals surface area contributed by atoms with E-state index in [1.807, 2.05) is 31.2 Å². The molecule has 1 amide bonds. The minimum absolute atomic E-state index is 0.0550. The molecular weight excluding hydrogens is 250 g/mol. The fourth-order valence-corrected chi connectivity index (χ4v) is 2.32. The monoisotopic (exact) mass is 277 g/mol. The van der Waals surface area contributed by atoms with Gasteiger partial charge in [-0.1, -0.05) is 45.9 Å². The molecule has 0 aliphatic rings. The lowest BCUT2D eigenvalue weighted by molar-refractivity contribution is -0.128. The summed E-state index contributed by atoms with van der Waals surface area (Å²) in [5.74, 6) is 1.52. The van der Waals surface area contributed by atoms with E-state index in [0.29, 0.717) is 11.8 Å². The van der Waals surface area contributed by atoms with Crippen molar-refractivity contribution >= 4 is 5.91 Å². The highest BCUT2D eigenvalue weighted by Gasteiger charge is 2.23. The van der Waals surface area contributed by atoms with Crippen LogP contribution in [0.25, 0.3) is 0 Å². The van der Waals surface area contributed by atoms with Gasteiger partial charge in [0.2, 0.25) is 0 Å². The first-order valence-electron chi connectivity index (χ1n) is 7.35. The molecule has 0 radical (unpaired) electrons. The SMILES string of the molecule is Cc1ccccc1O[C@H](C)C(=O)NC(C(C)C)C(C)C. The molecule has 1 aromatic rings. The van der Waals surface area contributed by atoms with Crippen LogP contribution in [-0.2, 0) is 4.79 Å². The highest BCUT2D eigenvalue weighted by molar-refractivity contribution is 5.81. The van der Waals surface area contributed by atoms with Crippen molar-refractivity contribution < 1.29 is 9.53 Å². The number of rotatable bonds is 6. The van der Waals surface area contributed by atoms with E-state index in [9.17, 15) is 4.79 Å². The summed E-state index contributed by atoms with van der Waals surface area (Å²) in [4.78, 5) is 12.2. The Morgan fingerprint density at radius 2 is 1.60 bits per heavy atom. The first-order chi connectivity index (χ1) is 9.32. The van der Waals surface area contributed by atoms with E-state index in [1.54, 1.807) is 6.92 Å². The third kappa shape index (κ3) is 4.55. The smallest absolute Gasteiger partial charge is 0.261 e. The molecule has 112 valence electrons. The lowest BCUT2D eigenvalue weighted by atomic mass is 9.93. The van der Waals surface area contributed by atoms with Crippen LogP contribution in [0, 0.1) is 18.8 Å². The molecule has 0 bridgehead atoms. The van der Waals surface area contributed by atoms with Crippen LogP contribution in [0.15, 0.2) is 24.3 Å². The largest absolute Gasteiger partial charge is 0.481 e. The van der Waals surface area contributed by atoms with Crippen LogP contribution in [0.2, 0.25) is 0 Å². The summed E-state index contributed by atoms with van der Waals surface area (Å²) < 4.78 is 5.76. The topological polar surface area (TPSA) is 38.3 Å². The second kappa shape index (κ2) is 7.32. The third-order valence-corrected chi connectivity index (χ3v) is 3.51. The average molecular weight is 277 g/mol. The summed E-state index contributed by atoms with van der Waals surface area (Å²) in [5.41, 5.74) is 1.04. The molecule has 1 rings (SSSR count). The Hall–Kier alpha value is -1.51. The number of hydrogen-bond acceptors (Lipinski definition) is 2. The van der Waals surface area contributed by atoms with E-state index in [1.165, 1.54) is 0 Å². The normalized spacial score (nSPS) is 12.8. The van der Waals surface area contributed by atoms with Gasteiger partial charge in [-0.3, -0.25) is 4.79 Å². The summed E-state index contributed by atoms with van der Waals surface area (Å²) in [7, 11) is 0. The van der Waals surface area contributed by atoms with Crippen LogP contribution in [-0.4, -0.2) is 18.1 Å². The summed E-state index contributed by atoms with van der Waals surface area (Å²) >= 11 is 0. The van der Waals surface area contributed by atoms with Gasteiger partial charge >= 0.3 is 0 Å². The lowest BCUT2D eigenvalue weighted by Crippen LogP contribution is -2.47. The molecular formula is C17H27NO2. The van der Waals surface area contributed by atoms with Crippen molar-refractivity contribution in [3.8, 4) is 5.75 Å². The van der Waals surface area contributed by atoms with Gasteiger partial charge in [0.25, 0.3) is 5.91 Å². The highest BCUT2D eigenvalue weighted by Crippen LogP contribution is 2.18. The first-order valence-corrected chi connectivity index (χ1v) is 7.35. The predicted molar refractivity (Wildman–Crippen MR) is 82.9 cm³/mol. The van der Waals surface area contributed by atoms with Crippen LogP contribution in [0.1, 0.15) is 40.2 Å². The van der Waals surface area contributed by atoms with Crippen molar-refractivity contribution in [2.45, 2.75) is 53.7 Å². The van der Waals surface area contributed by atoms with E-state index in [2.05, 4.69) is 33.0 Å². The highest BCUT2D eigenvalue weighted by atomic mass is 16.5. The van der Waals surface area contributed by atoms with Crippen LogP contribution >= 0.6 is 0 Å². The van der Waals surface area contributed by atoms with Crippen molar-refractivity contribution in [1.29, 1.82) is 0 Å². The molecule has 1 N–H and O–H groups in total. The van der Waals surface area contributed by atoms with Gasteiger partial charge in [-0.15, -0.1) is 0 Å². The van der Waals surface area contributed by atoms with Crippen molar-refractivity contribution in [2.24, 2.45) is 11.8 Å². The molecule has 0 spiro atoms. The van der Waals surface area contributed by atoms with Gasteiger partial charge < -0.3 is 10.1 Å². The first kappa shape index (κ1) is 16.5. The van der Waals surface area contributed by atoms with Crippen molar-refractivity contribution in [1.82, 2.24) is 5.32 Å². The minimum atomic E-state index is -0.490. The average Bonchev–Trinajstić information content (AvgIpc) is 2.37. The molecule has 0 aromatic heterocycles. The maximum absolute atomic E-state index is 12.2. The number of para-hydroxylation sites is 1. The number of carbonyl (C=O) groups excluding carboxylic acids is 1. The van der Waals surface area contributed by atoms with E-state index in [-0.39, 0.29) is 11.9 Å². The van der Waals surface area contributed by atoms with Gasteiger partial charge in [-0.2, -0.15) is 0 Å². The van der Waals surface area contributed by atoms with Gasteiger partial charge in [0.1, 0.15) is 5.75 Å². The maximum Gasteiger partial charge on any atom is 0.261 e. The lowest BCUT2D eigenvalue weighted by Gasteiger charge is -2.27. The Morgan fingerprint density at radius 3 is 2.10 bits per heavy atom. The van der Waals surface area contributed by atoms with E-state index in [4.69, 9.17) is 4.74 Å². The molecule has 20 heavy (non-hydrogen) atoms. The van der Waals surface area contributed by atoms with Crippen LogP contribution < -0.4 is 10.1 Å². The number of nitrogens with one attached hydrogen (secondary N) is 1. The molecule has 3 nitrogen and oxygen atoms in total. The Kier molecular flexibility index (Phi) is 6.05. The van der Waals surface area contributed by atoms with Crippen molar-refractivity contribution in [2.75, 3.05) is 0 Å². The number of carbonyl (C=O) groups is 1. The molecule has 0 saturated heterocycles. The second-order valence-corrected chi connectivity index (χ2v) is 6.05. The minimum Gasteiger partial charge on any atom is -0.481 e. The zero-order chi connectivity index (χ0) is 15.3. The van der Waals surface area contributed by atoms with Gasteiger partial charge in [-0.05, 0) is 37.3 Å². The molecule has 0 saturated carbocycles. The zero-order valence-electron chi connectivity index (χ0n) is 13.4. The molecule has 0 aliphatic heterocycles. The van der Waals surface area contributed by atoms with E-state index in [0.717, 1.165) is 11.3 Å². The Balaban J connectivity index is 2.65. The summed E-state index contributed by atoms with van der Waals surface area (Å²) in [6.45, 7) is 12.3. The maximum atomic E-state index is 12.2. The quantitative estimate of drug-likeness (QED) is 0.863. The Morgan fingerprint density at radius 1 is 1.05 bits per heavy atom. The summed E-state index contributed by atoms with van der Waals surface area (Å²) in [6.07, 6.45) is -0.490. The number of aryl methyl sites for hydroxylation is 1. The van der Waals surface area contributed by atoms with Crippen LogP contribution in [0.4, 0.5) is 0 Å². The standard InChI is InChI=1S/C17H27NO2/c1-11(2)16(12(3)4)18-17(19)14(6)20-15-10-8-7-9-13(15)5/h7-12,14,16H,1-6H3,(H,18,19)/t14-/m1/s1. The number of hydrogen-bond donors (Lipinski definition) is 1. The molecule has 1 atom stereocenters. The molecule has 0 aliphatic carbocycles. The predicted octanol–water partition coefficient (Wildman–Crippen LogP) is 3.56. The van der Waals surface area contributed by atoms with Gasteiger partial charge in [0.05, 0.1) is 0 Å². The van der Waals surface area contributed by atoms with Crippen LogP contribution in [0.5, 0.6) is 5.75 Å². The molecule has 0 unspecified atom stereocenters. The van der Waals surface area contributed by atoms with Crippen molar-refractivity contribution in [3.05, 3.63) is 29.8 Å². The molecule has 0 fully saturated rings. The third-order valence-electron chi connectivity index (χ3n) is 3.51. The molecule has 0 heterocycles. The molecule has 3 heteroatoms. The number of ether oxygens (including phenoxy) is 1. The summed E-state index contributed by atoms with van der Waals surface area (Å²) in [5, 5.41) is 3.09. The van der Waals surface area contributed by atoms with Crippen LogP contribution in [0.3, 0.4) is 0 Å².